The van der Waals surface area contributed by atoms with Gasteiger partial charge in [-0.05, 0) is 23.1 Å². The Bertz CT molecular complexity index is 1240. The summed E-state index contributed by atoms with van der Waals surface area (Å²) >= 11 is 1.56. The van der Waals surface area contributed by atoms with Crippen molar-refractivity contribution in [1.29, 1.82) is 0 Å². The molecular weight excluding hydrogens is 412 g/mol. The van der Waals surface area contributed by atoms with Crippen LogP contribution in [-0.4, -0.2) is 61.3 Å². The molecule has 1 aliphatic rings. The average molecular weight is 435 g/mol. The van der Waals surface area contributed by atoms with Gasteiger partial charge in [-0.2, -0.15) is 10.2 Å². The van der Waals surface area contributed by atoms with Gasteiger partial charge in [0.2, 0.25) is 5.91 Å². The van der Waals surface area contributed by atoms with E-state index in [-0.39, 0.29) is 18.0 Å². The molecule has 3 aromatic heterocycles. The summed E-state index contributed by atoms with van der Waals surface area (Å²) in [5, 5.41) is 10.5. The monoisotopic (exact) mass is 434 g/mol. The number of hydrogen-bond acceptors (Lipinski definition) is 6. The fraction of sp³-hybridized carbons (Fsp3) is 0.273. The van der Waals surface area contributed by atoms with Crippen molar-refractivity contribution in [3.63, 3.8) is 0 Å². The Morgan fingerprint density at radius 2 is 1.84 bits per heavy atom. The molecule has 4 heterocycles. The van der Waals surface area contributed by atoms with Gasteiger partial charge in [0.25, 0.3) is 5.56 Å². The minimum absolute atomic E-state index is 0.0620. The Morgan fingerprint density at radius 1 is 1.03 bits per heavy atom. The molecule has 158 valence electrons. The zero-order valence-corrected chi connectivity index (χ0v) is 17.7. The summed E-state index contributed by atoms with van der Waals surface area (Å²) in [6.07, 6.45) is 1.49. The van der Waals surface area contributed by atoms with Crippen LogP contribution in [-0.2, 0) is 17.9 Å². The van der Waals surface area contributed by atoms with Gasteiger partial charge in [-0.25, -0.2) is 9.20 Å². The topological polar surface area (TPSA) is 75.7 Å². The van der Waals surface area contributed by atoms with Gasteiger partial charge in [0.1, 0.15) is 24.1 Å². The van der Waals surface area contributed by atoms with Crippen LogP contribution in [0.4, 0.5) is 0 Å². The Kier molecular flexibility index (Phi) is 5.35. The molecule has 0 atom stereocenters. The first-order valence-corrected chi connectivity index (χ1v) is 11.1. The average Bonchev–Trinajstić information content (AvgIpc) is 3.47. The van der Waals surface area contributed by atoms with Crippen LogP contribution < -0.4 is 5.56 Å². The van der Waals surface area contributed by atoms with Crippen molar-refractivity contribution < 1.29 is 4.79 Å². The Morgan fingerprint density at radius 3 is 2.58 bits per heavy atom. The van der Waals surface area contributed by atoms with Crippen molar-refractivity contribution in [1.82, 2.24) is 29.2 Å². The SMILES string of the molecule is O=C(Cn1ncn2nc(-c3cccs3)cc2c1=O)N1CCN(Cc2ccccc2)CC1. The van der Waals surface area contributed by atoms with E-state index in [0.29, 0.717) is 18.6 Å². The number of hydrogen-bond donors (Lipinski definition) is 0. The van der Waals surface area contributed by atoms with Gasteiger partial charge < -0.3 is 4.90 Å². The number of nitrogens with zero attached hydrogens (tertiary/aromatic N) is 6. The summed E-state index contributed by atoms with van der Waals surface area (Å²) in [5.74, 6) is -0.0868. The molecule has 1 saturated heterocycles. The van der Waals surface area contributed by atoms with Crippen molar-refractivity contribution in [2.24, 2.45) is 0 Å². The maximum Gasteiger partial charge on any atom is 0.293 e. The van der Waals surface area contributed by atoms with Crippen LogP contribution >= 0.6 is 11.3 Å². The molecular formula is C22H22N6O2S. The van der Waals surface area contributed by atoms with Crippen LogP contribution in [0.15, 0.2) is 65.0 Å². The molecule has 0 aliphatic carbocycles. The molecule has 5 rings (SSSR count). The lowest BCUT2D eigenvalue weighted by molar-refractivity contribution is -0.133. The number of carbonyl (C=O) groups is 1. The van der Waals surface area contributed by atoms with E-state index in [1.165, 1.54) is 21.1 Å². The first kappa shape index (κ1) is 19.7. The summed E-state index contributed by atoms with van der Waals surface area (Å²) < 4.78 is 2.70. The van der Waals surface area contributed by atoms with Gasteiger partial charge in [0.15, 0.2) is 0 Å². The van der Waals surface area contributed by atoms with Crippen LogP contribution in [0.3, 0.4) is 0 Å². The summed E-state index contributed by atoms with van der Waals surface area (Å²) in [6, 6.07) is 16.0. The number of thiophene rings is 1. The molecule has 9 heteroatoms. The van der Waals surface area contributed by atoms with Crippen LogP contribution in [0.1, 0.15) is 5.56 Å². The van der Waals surface area contributed by atoms with E-state index in [2.05, 4.69) is 27.2 Å². The lowest BCUT2D eigenvalue weighted by Crippen LogP contribution is -2.49. The summed E-state index contributed by atoms with van der Waals surface area (Å²) in [7, 11) is 0. The number of amides is 1. The first-order valence-electron chi connectivity index (χ1n) is 10.2. The van der Waals surface area contributed by atoms with Crippen molar-refractivity contribution in [2.75, 3.05) is 26.2 Å². The molecule has 0 N–H and O–H groups in total. The minimum Gasteiger partial charge on any atom is -0.339 e. The van der Waals surface area contributed by atoms with Crippen molar-refractivity contribution in [3.8, 4) is 10.6 Å². The van der Waals surface area contributed by atoms with E-state index in [9.17, 15) is 9.59 Å². The maximum absolute atomic E-state index is 12.8. The van der Waals surface area contributed by atoms with Gasteiger partial charge in [0.05, 0.1) is 4.88 Å². The number of rotatable bonds is 5. The van der Waals surface area contributed by atoms with Gasteiger partial charge in [-0.3, -0.25) is 14.5 Å². The molecule has 4 aromatic rings. The Balaban J connectivity index is 1.24. The lowest BCUT2D eigenvalue weighted by atomic mass is 10.2. The van der Waals surface area contributed by atoms with E-state index in [4.69, 9.17) is 0 Å². The van der Waals surface area contributed by atoms with E-state index >= 15 is 0 Å². The molecule has 0 radical (unpaired) electrons. The zero-order valence-electron chi connectivity index (χ0n) is 16.9. The largest absolute Gasteiger partial charge is 0.339 e. The third kappa shape index (κ3) is 4.14. The van der Waals surface area contributed by atoms with E-state index in [0.717, 1.165) is 30.2 Å². The summed E-state index contributed by atoms with van der Waals surface area (Å²) in [6.45, 7) is 3.75. The molecule has 1 amide bonds. The number of carbonyl (C=O) groups excluding carboxylic acids is 1. The second-order valence-corrected chi connectivity index (χ2v) is 8.52. The molecule has 0 bridgehead atoms. The molecule has 0 saturated carbocycles. The normalized spacial score (nSPS) is 14.9. The van der Waals surface area contributed by atoms with Crippen molar-refractivity contribution in [3.05, 3.63) is 76.2 Å². The Hall–Kier alpha value is -3.30. The first-order chi connectivity index (χ1) is 15.2. The number of piperazine rings is 1. The van der Waals surface area contributed by atoms with Gasteiger partial charge >= 0.3 is 0 Å². The third-order valence-electron chi connectivity index (χ3n) is 5.52. The maximum atomic E-state index is 12.8. The highest BCUT2D eigenvalue weighted by Crippen LogP contribution is 2.23. The fourth-order valence-corrected chi connectivity index (χ4v) is 4.50. The predicted molar refractivity (Wildman–Crippen MR) is 119 cm³/mol. The second kappa shape index (κ2) is 8.44. The smallest absolute Gasteiger partial charge is 0.293 e. The van der Waals surface area contributed by atoms with Crippen LogP contribution in [0.25, 0.3) is 16.1 Å². The summed E-state index contributed by atoms with van der Waals surface area (Å²) in [4.78, 5) is 30.8. The number of aromatic nitrogens is 4. The molecule has 1 aliphatic heterocycles. The van der Waals surface area contributed by atoms with E-state index in [1.54, 1.807) is 17.4 Å². The van der Waals surface area contributed by atoms with Gasteiger partial charge in [-0.1, -0.05) is 36.4 Å². The highest BCUT2D eigenvalue weighted by atomic mass is 32.1. The van der Waals surface area contributed by atoms with Crippen LogP contribution in [0.2, 0.25) is 0 Å². The van der Waals surface area contributed by atoms with Gasteiger partial charge in [0, 0.05) is 32.7 Å². The second-order valence-electron chi connectivity index (χ2n) is 7.57. The Labute approximate surface area is 183 Å². The number of fused-ring (bicyclic) bond motifs is 1. The number of benzene rings is 1. The van der Waals surface area contributed by atoms with Crippen LogP contribution in [0.5, 0.6) is 0 Å². The third-order valence-corrected chi connectivity index (χ3v) is 6.41. The standard InChI is InChI=1S/C22H22N6O2S/c29-21(26-10-8-25(9-11-26)14-17-5-2-1-3-6-17)15-27-22(30)19-13-18(20-7-4-12-31-20)24-28(19)16-23-27/h1-7,12-13,16H,8-11,14-15H2. The highest BCUT2D eigenvalue weighted by Gasteiger charge is 2.22. The lowest BCUT2D eigenvalue weighted by Gasteiger charge is -2.34. The fourth-order valence-electron chi connectivity index (χ4n) is 3.82. The zero-order chi connectivity index (χ0) is 21.2. The molecule has 8 nitrogen and oxygen atoms in total. The van der Waals surface area contributed by atoms with Gasteiger partial charge in [-0.15, -0.1) is 11.3 Å². The highest BCUT2D eigenvalue weighted by molar-refractivity contribution is 7.13. The predicted octanol–water partition coefficient (Wildman–Crippen LogP) is 1.96. The molecule has 0 spiro atoms. The van der Waals surface area contributed by atoms with E-state index in [1.807, 2.05) is 40.6 Å². The molecule has 1 fully saturated rings. The molecule has 1 aromatic carbocycles. The molecule has 31 heavy (non-hydrogen) atoms. The quantitative estimate of drug-likeness (QED) is 0.480. The minimum atomic E-state index is -0.311. The van der Waals surface area contributed by atoms with Crippen molar-refractivity contribution in [2.45, 2.75) is 13.1 Å². The van der Waals surface area contributed by atoms with Crippen molar-refractivity contribution >= 4 is 22.8 Å². The summed E-state index contributed by atoms with van der Waals surface area (Å²) in [5.41, 5.74) is 2.11. The van der Waals surface area contributed by atoms with Crippen LogP contribution in [0, 0.1) is 0 Å². The molecule has 0 unspecified atom stereocenters. The van der Waals surface area contributed by atoms with E-state index < -0.39 is 0 Å².